The number of sulfonamides is 1. The third-order valence-electron chi connectivity index (χ3n) is 7.88. The predicted octanol–water partition coefficient (Wildman–Crippen LogP) is 5.76. The van der Waals surface area contributed by atoms with Crippen molar-refractivity contribution in [2.45, 2.75) is 83.3 Å². The normalized spacial score (nSPS) is 14.2. The Hall–Kier alpha value is -3.85. The lowest BCUT2D eigenvalue weighted by Crippen LogP contribution is -2.53. The summed E-state index contributed by atoms with van der Waals surface area (Å²) >= 11 is 0. The molecule has 0 heterocycles. The summed E-state index contributed by atoms with van der Waals surface area (Å²) in [5.41, 5.74) is 3.28. The Bertz CT molecular complexity index is 1470. The quantitative estimate of drug-likeness (QED) is 0.267. The first-order valence-corrected chi connectivity index (χ1v) is 16.5. The van der Waals surface area contributed by atoms with Gasteiger partial charge in [0.15, 0.2) is 0 Å². The molecule has 0 bridgehead atoms. The maximum Gasteiger partial charge on any atom is 0.264 e. The Balaban J connectivity index is 1.70. The first-order valence-electron chi connectivity index (χ1n) is 15.1. The lowest BCUT2D eigenvalue weighted by molar-refractivity contribution is -0.140. The second-order valence-corrected chi connectivity index (χ2v) is 13.0. The van der Waals surface area contributed by atoms with Gasteiger partial charge in [0, 0.05) is 12.6 Å². The van der Waals surface area contributed by atoms with Gasteiger partial charge in [-0.2, -0.15) is 0 Å². The maximum atomic E-state index is 14.2. The van der Waals surface area contributed by atoms with E-state index in [1.54, 1.807) is 24.3 Å². The summed E-state index contributed by atoms with van der Waals surface area (Å²) in [6, 6.07) is 20.4. The fraction of sp³-hybridized carbons (Fsp3) is 0.412. The summed E-state index contributed by atoms with van der Waals surface area (Å²) in [6.07, 6.45) is 4.39. The predicted molar refractivity (Wildman–Crippen MR) is 170 cm³/mol. The minimum Gasteiger partial charge on any atom is -0.494 e. The van der Waals surface area contributed by atoms with Crippen LogP contribution < -0.4 is 14.4 Å². The van der Waals surface area contributed by atoms with Crippen LogP contribution in [0.25, 0.3) is 0 Å². The average Bonchev–Trinajstić information content (AvgIpc) is 3.50. The SMILES string of the molecule is CCOc1ccc(S(=O)(=O)N(CC(=O)N(Cc2ccc(C)cc2)[C@H](CC)C(=O)NC2CCCC2)c2ccc(C)cc2)cc1. The third kappa shape index (κ3) is 8.16. The number of nitrogens with zero attached hydrogens (tertiary/aromatic N) is 2. The van der Waals surface area contributed by atoms with E-state index >= 15 is 0 Å². The van der Waals surface area contributed by atoms with Gasteiger partial charge in [-0.1, -0.05) is 67.3 Å². The number of anilines is 1. The van der Waals surface area contributed by atoms with E-state index in [4.69, 9.17) is 4.74 Å². The van der Waals surface area contributed by atoms with E-state index in [1.807, 2.05) is 64.1 Å². The molecule has 4 rings (SSSR count). The van der Waals surface area contributed by atoms with Crippen LogP contribution in [-0.4, -0.2) is 50.4 Å². The Morgan fingerprint density at radius 3 is 2.02 bits per heavy atom. The molecule has 0 aromatic heterocycles. The summed E-state index contributed by atoms with van der Waals surface area (Å²) in [5, 5.41) is 3.15. The van der Waals surface area contributed by atoms with Gasteiger partial charge in [0.05, 0.1) is 17.2 Å². The molecule has 0 spiro atoms. The van der Waals surface area contributed by atoms with Crippen molar-refractivity contribution in [1.82, 2.24) is 10.2 Å². The van der Waals surface area contributed by atoms with E-state index in [0.29, 0.717) is 24.5 Å². The van der Waals surface area contributed by atoms with Gasteiger partial charge in [-0.15, -0.1) is 0 Å². The number of benzene rings is 3. The van der Waals surface area contributed by atoms with Crippen LogP contribution in [-0.2, 0) is 26.2 Å². The highest BCUT2D eigenvalue weighted by molar-refractivity contribution is 7.92. The molecular weight excluding hydrogens is 562 g/mol. The molecule has 1 atom stereocenters. The van der Waals surface area contributed by atoms with Crippen LogP contribution in [0.2, 0.25) is 0 Å². The summed E-state index contributed by atoms with van der Waals surface area (Å²) in [5.74, 6) is -0.0991. The second kappa shape index (κ2) is 14.6. The van der Waals surface area contributed by atoms with Gasteiger partial charge in [-0.05, 0) is 82.0 Å². The average molecular weight is 606 g/mol. The summed E-state index contributed by atoms with van der Waals surface area (Å²) in [4.78, 5) is 29.4. The minimum absolute atomic E-state index is 0.0421. The van der Waals surface area contributed by atoms with Gasteiger partial charge in [-0.25, -0.2) is 8.42 Å². The molecule has 9 heteroatoms. The number of aryl methyl sites for hydroxylation is 2. The van der Waals surface area contributed by atoms with E-state index in [2.05, 4.69) is 5.32 Å². The van der Waals surface area contributed by atoms with Crippen LogP contribution in [0, 0.1) is 13.8 Å². The Kier molecular flexibility index (Phi) is 10.9. The lowest BCUT2D eigenvalue weighted by atomic mass is 10.1. The highest BCUT2D eigenvalue weighted by Gasteiger charge is 2.34. The molecule has 1 N–H and O–H groups in total. The van der Waals surface area contributed by atoms with Crippen molar-refractivity contribution < 1.29 is 22.7 Å². The first kappa shape index (κ1) is 32.1. The van der Waals surface area contributed by atoms with E-state index in [-0.39, 0.29) is 23.4 Å². The molecule has 0 unspecified atom stereocenters. The van der Waals surface area contributed by atoms with Gasteiger partial charge < -0.3 is 15.0 Å². The van der Waals surface area contributed by atoms with Gasteiger partial charge >= 0.3 is 0 Å². The first-order chi connectivity index (χ1) is 20.6. The van der Waals surface area contributed by atoms with Crippen LogP contribution >= 0.6 is 0 Å². The highest BCUT2D eigenvalue weighted by Crippen LogP contribution is 2.27. The number of ether oxygens (including phenoxy) is 1. The number of hydrogen-bond donors (Lipinski definition) is 1. The molecular formula is C34H43N3O5S. The summed E-state index contributed by atoms with van der Waals surface area (Å²) in [6.45, 7) is 7.82. The van der Waals surface area contributed by atoms with E-state index in [0.717, 1.165) is 46.7 Å². The van der Waals surface area contributed by atoms with Crippen LogP contribution in [0.3, 0.4) is 0 Å². The summed E-state index contributed by atoms with van der Waals surface area (Å²) in [7, 11) is -4.15. The van der Waals surface area contributed by atoms with Crippen molar-refractivity contribution in [3.63, 3.8) is 0 Å². The molecule has 1 fully saturated rings. The van der Waals surface area contributed by atoms with Crippen molar-refractivity contribution >= 4 is 27.5 Å². The monoisotopic (exact) mass is 605 g/mol. The minimum atomic E-state index is -4.15. The number of hydrogen-bond acceptors (Lipinski definition) is 5. The van der Waals surface area contributed by atoms with Crippen molar-refractivity contribution in [3.8, 4) is 5.75 Å². The molecule has 3 aromatic rings. The van der Waals surface area contributed by atoms with Crippen LogP contribution in [0.4, 0.5) is 5.69 Å². The molecule has 230 valence electrons. The van der Waals surface area contributed by atoms with Gasteiger partial charge in [-0.3, -0.25) is 13.9 Å². The molecule has 1 aliphatic rings. The zero-order valence-electron chi connectivity index (χ0n) is 25.6. The van der Waals surface area contributed by atoms with Gasteiger partial charge in [0.2, 0.25) is 11.8 Å². The van der Waals surface area contributed by atoms with Crippen LogP contribution in [0.5, 0.6) is 5.75 Å². The maximum absolute atomic E-state index is 14.2. The molecule has 1 saturated carbocycles. The van der Waals surface area contributed by atoms with E-state index in [1.165, 1.54) is 17.0 Å². The van der Waals surface area contributed by atoms with Gasteiger partial charge in [0.1, 0.15) is 18.3 Å². The molecule has 8 nitrogen and oxygen atoms in total. The third-order valence-corrected chi connectivity index (χ3v) is 9.67. The largest absolute Gasteiger partial charge is 0.494 e. The topological polar surface area (TPSA) is 96.0 Å². The van der Waals surface area contributed by atoms with Crippen molar-refractivity contribution in [2.24, 2.45) is 0 Å². The Morgan fingerprint density at radius 2 is 1.47 bits per heavy atom. The number of nitrogens with one attached hydrogen (secondary N) is 1. The van der Waals surface area contributed by atoms with Crippen molar-refractivity contribution in [1.29, 1.82) is 0 Å². The smallest absolute Gasteiger partial charge is 0.264 e. The van der Waals surface area contributed by atoms with Gasteiger partial charge in [0.25, 0.3) is 10.0 Å². The molecule has 3 aromatic carbocycles. The standard InChI is InChI=1S/C34H43N3O5S/c1-5-32(34(39)35-28-9-7-8-10-28)36(23-27-15-11-25(3)12-16-27)33(38)24-37(29-17-13-26(4)14-18-29)43(40,41)31-21-19-30(20-22-31)42-6-2/h11-22,28,32H,5-10,23-24H2,1-4H3,(H,35,39)/t32-/m1/s1. The molecule has 43 heavy (non-hydrogen) atoms. The van der Waals surface area contributed by atoms with E-state index < -0.39 is 28.5 Å². The molecule has 0 radical (unpaired) electrons. The number of carbonyl (C=O) groups excluding carboxylic acids is 2. The molecule has 2 amide bonds. The summed E-state index contributed by atoms with van der Waals surface area (Å²) < 4.78 is 34.8. The Labute approximate surface area is 256 Å². The fourth-order valence-electron chi connectivity index (χ4n) is 5.42. The second-order valence-electron chi connectivity index (χ2n) is 11.2. The number of amides is 2. The van der Waals surface area contributed by atoms with Crippen molar-refractivity contribution in [3.05, 3.63) is 89.5 Å². The fourth-order valence-corrected chi connectivity index (χ4v) is 6.83. The zero-order chi connectivity index (χ0) is 31.0. The Morgan fingerprint density at radius 1 is 0.884 bits per heavy atom. The van der Waals surface area contributed by atoms with Crippen LogP contribution in [0.1, 0.15) is 62.6 Å². The lowest BCUT2D eigenvalue weighted by Gasteiger charge is -2.34. The number of rotatable bonds is 13. The molecule has 1 aliphatic carbocycles. The zero-order valence-corrected chi connectivity index (χ0v) is 26.4. The van der Waals surface area contributed by atoms with E-state index in [9.17, 15) is 18.0 Å². The van der Waals surface area contributed by atoms with Crippen molar-refractivity contribution in [2.75, 3.05) is 17.5 Å². The molecule has 0 saturated heterocycles. The number of carbonyl (C=O) groups is 2. The van der Waals surface area contributed by atoms with Crippen LogP contribution in [0.15, 0.2) is 77.7 Å². The highest BCUT2D eigenvalue weighted by atomic mass is 32.2. The molecule has 0 aliphatic heterocycles.